The van der Waals surface area contributed by atoms with Gasteiger partial charge in [0.15, 0.2) is 12.4 Å². The van der Waals surface area contributed by atoms with Crippen LogP contribution in [0, 0.1) is 11.8 Å². The molecule has 7 heteroatoms. The molecule has 1 aromatic heterocycles. The Hall–Kier alpha value is -2.44. The number of carbonyl (C=O) groups is 1. The number of rotatable bonds is 5. The fourth-order valence-corrected chi connectivity index (χ4v) is 2.53. The van der Waals surface area contributed by atoms with Gasteiger partial charge in [-0.1, -0.05) is 35.4 Å². The Morgan fingerprint density at radius 1 is 1.33 bits per heavy atom. The number of ether oxygens (including phenoxy) is 1. The first-order chi connectivity index (χ1) is 11.5. The highest BCUT2D eigenvalue weighted by Gasteiger charge is 2.16. The maximum Gasteiger partial charge on any atom is 0.284 e. The molecule has 0 aliphatic carbocycles. The van der Waals surface area contributed by atoms with Crippen molar-refractivity contribution in [3.8, 4) is 5.75 Å². The molecule has 0 spiro atoms. The largest absolute Gasteiger partial charge is 0.483 e. The second kappa shape index (κ2) is 6.98. The summed E-state index contributed by atoms with van der Waals surface area (Å²) in [4.78, 5) is 13.0. The number of nitrogens with one attached hydrogen (secondary N) is 1. The smallest absolute Gasteiger partial charge is 0.284 e. The fraction of sp³-hybridized carbons (Fsp3) is 0.118. The van der Waals surface area contributed by atoms with Gasteiger partial charge in [-0.25, -0.2) is 5.10 Å². The van der Waals surface area contributed by atoms with Crippen LogP contribution >= 0.6 is 23.8 Å². The highest BCUT2D eigenvalue weighted by Crippen LogP contribution is 2.25. The van der Waals surface area contributed by atoms with E-state index in [1.807, 2.05) is 13.0 Å². The summed E-state index contributed by atoms with van der Waals surface area (Å²) in [7, 11) is 0. The van der Waals surface area contributed by atoms with Crippen molar-refractivity contribution in [3.63, 3.8) is 0 Å². The summed E-state index contributed by atoms with van der Waals surface area (Å²) in [6, 6.07) is 12.2. The van der Waals surface area contributed by atoms with Crippen LogP contribution in [0.1, 0.15) is 27.4 Å². The molecule has 0 bridgehead atoms. The molecule has 24 heavy (non-hydrogen) atoms. The van der Waals surface area contributed by atoms with Crippen LogP contribution in [0.4, 0.5) is 0 Å². The van der Waals surface area contributed by atoms with Crippen LogP contribution in [0.15, 0.2) is 46.9 Å². The van der Waals surface area contributed by atoms with Crippen molar-refractivity contribution in [1.29, 1.82) is 0 Å². The number of nitrogens with zero attached hydrogens (tertiary/aromatic N) is 1. The Labute approximate surface area is 148 Å². The van der Waals surface area contributed by atoms with E-state index in [4.69, 9.17) is 33.0 Å². The summed E-state index contributed by atoms with van der Waals surface area (Å²) < 4.78 is 10.8. The molecule has 5 nitrogen and oxygen atoms in total. The molecule has 0 aliphatic rings. The Bertz CT molecular complexity index is 949. The number of benzene rings is 2. The number of aryl methyl sites for hydroxylation is 1. The van der Waals surface area contributed by atoms with E-state index < -0.39 is 0 Å². The number of aromatic amines is 1. The molecule has 122 valence electrons. The Kier molecular flexibility index (Phi) is 4.78. The van der Waals surface area contributed by atoms with Gasteiger partial charge in [0, 0.05) is 10.6 Å². The van der Waals surface area contributed by atoms with Gasteiger partial charge in [0.2, 0.25) is 0 Å². The first-order valence-corrected chi connectivity index (χ1v) is 7.89. The third kappa shape index (κ3) is 3.72. The van der Waals surface area contributed by atoms with Crippen LogP contribution in [-0.4, -0.2) is 16.0 Å². The first-order valence-electron chi connectivity index (χ1n) is 7.11. The summed E-state index contributed by atoms with van der Waals surface area (Å²) >= 11 is 10.8. The molecule has 2 aromatic carbocycles. The van der Waals surface area contributed by atoms with E-state index in [9.17, 15) is 4.79 Å². The van der Waals surface area contributed by atoms with Gasteiger partial charge in [-0.2, -0.15) is 0 Å². The summed E-state index contributed by atoms with van der Waals surface area (Å²) in [6.45, 7) is 1.97. The summed E-state index contributed by atoms with van der Waals surface area (Å²) in [5, 5.41) is 6.89. The van der Waals surface area contributed by atoms with E-state index in [-0.39, 0.29) is 17.2 Å². The van der Waals surface area contributed by atoms with Gasteiger partial charge in [-0.05, 0) is 43.4 Å². The first kappa shape index (κ1) is 16.4. The van der Waals surface area contributed by atoms with E-state index in [2.05, 4.69) is 10.2 Å². The van der Waals surface area contributed by atoms with Crippen molar-refractivity contribution in [2.75, 3.05) is 0 Å². The maximum atomic E-state index is 12.8. The average Bonchev–Trinajstić information content (AvgIpc) is 2.98. The highest BCUT2D eigenvalue weighted by atomic mass is 35.5. The Balaban J connectivity index is 1.90. The normalized spacial score (nSPS) is 10.6. The van der Waals surface area contributed by atoms with Crippen LogP contribution < -0.4 is 4.74 Å². The molecule has 3 aromatic rings. The number of hydrogen-bond acceptors (Lipinski definition) is 5. The van der Waals surface area contributed by atoms with E-state index in [1.54, 1.807) is 36.4 Å². The SMILES string of the molecule is Cc1ccc(OCc2n[nH]c(=S)o2)c(C(=O)c2cccc(Cl)c2)c1. The fourth-order valence-electron chi connectivity index (χ4n) is 2.19. The summed E-state index contributed by atoms with van der Waals surface area (Å²) in [5.74, 6) is 0.579. The summed E-state index contributed by atoms with van der Waals surface area (Å²) in [5.41, 5.74) is 1.90. The number of hydrogen-bond donors (Lipinski definition) is 1. The van der Waals surface area contributed by atoms with Crippen molar-refractivity contribution in [2.24, 2.45) is 0 Å². The Morgan fingerprint density at radius 2 is 2.17 bits per heavy atom. The van der Waals surface area contributed by atoms with Gasteiger partial charge in [-0.3, -0.25) is 4.79 Å². The summed E-state index contributed by atoms with van der Waals surface area (Å²) in [6.07, 6.45) is 0. The zero-order valence-electron chi connectivity index (χ0n) is 12.7. The van der Waals surface area contributed by atoms with Crippen molar-refractivity contribution in [3.05, 3.63) is 74.9 Å². The third-order valence-electron chi connectivity index (χ3n) is 3.30. The second-order valence-corrected chi connectivity index (χ2v) is 5.94. The molecule has 0 atom stereocenters. The molecule has 0 aliphatic heterocycles. The minimum Gasteiger partial charge on any atom is -0.483 e. The molecule has 0 fully saturated rings. The molecular formula is C17H13ClN2O3S. The van der Waals surface area contributed by atoms with Crippen molar-refractivity contribution in [2.45, 2.75) is 13.5 Å². The van der Waals surface area contributed by atoms with Gasteiger partial charge in [0.05, 0.1) is 5.56 Å². The van der Waals surface area contributed by atoms with Gasteiger partial charge >= 0.3 is 0 Å². The third-order valence-corrected chi connectivity index (χ3v) is 3.71. The molecular weight excluding hydrogens is 348 g/mol. The zero-order valence-corrected chi connectivity index (χ0v) is 14.3. The van der Waals surface area contributed by atoms with Crippen LogP contribution in [0.2, 0.25) is 5.02 Å². The number of H-pyrrole nitrogens is 1. The van der Waals surface area contributed by atoms with E-state index in [1.165, 1.54) is 0 Å². The zero-order chi connectivity index (χ0) is 17.1. The van der Waals surface area contributed by atoms with Crippen LogP contribution in [0.5, 0.6) is 5.75 Å². The highest BCUT2D eigenvalue weighted by molar-refractivity contribution is 7.71. The standard InChI is InChI=1S/C17H13ClN2O3S/c1-10-5-6-14(22-9-15-19-20-17(24)23-15)13(7-10)16(21)11-3-2-4-12(18)8-11/h2-8H,9H2,1H3,(H,20,24). The number of halogens is 1. The molecule has 0 saturated heterocycles. The topological polar surface area (TPSA) is 68.1 Å². The number of ketones is 1. The van der Waals surface area contributed by atoms with Crippen LogP contribution in [0.3, 0.4) is 0 Å². The lowest BCUT2D eigenvalue weighted by Gasteiger charge is -2.11. The van der Waals surface area contributed by atoms with Crippen LogP contribution in [0.25, 0.3) is 0 Å². The molecule has 1 N–H and O–H groups in total. The molecule has 0 radical (unpaired) electrons. The number of aromatic nitrogens is 2. The van der Waals surface area contributed by atoms with E-state index in [0.717, 1.165) is 5.56 Å². The van der Waals surface area contributed by atoms with E-state index in [0.29, 0.717) is 27.8 Å². The van der Waals surface area contributed by atoms with Gasteiger partial charge in [0.1, 0.15) is 5.75 Å². The van der Waals surface area contributed by atoms with Crippen molar-refractivity contribution >= 4 is 29.6 Å². The molecule has 3 rings (SSSR count). The maximum absolute atomic E-state index is 12.8. The molecule has 1 heterocycles. The predicted octanol–water partition coefficient (Wildman–Crippen LogP) is 4.50. The number of carbonyl (C=O) groups excluding carboxylic acids is 1. The minimum absolute atomic E-state index is 0.0615. The quantitative estimate of drug-likeness (QED) is 0.535. The van der Waals surface area contributed by atoms with Gasteiger partial charge in [0.25, 0.3) is 10.7 Å². The Morgan fingerprint density at radius 3 is 2.88 bits per heavy atom. The van der Waals surface area contributed by atoms with Crippen molar-refractivity contribution in [1.82, 2.24) is 10.2 Å². The van der Waals surface area contributed by atoms with Gasteiger partial charge in [-0.15, -0.1) is 5.10 Å². The van der Waals surface area contributed by atoms with Gasteiger partial charge < -0.3 is 9.15 Å². The monoisotopic (exact) mass is 360 g/mol. The van der Waals surface area contributed by atoms with Crippen LogP contribution in [-0.2, 0) is 6.61 Å². The van der Waals surface area contributed by atoms with E-state index >= 15 is 0 Å². The molecule has 0 amide bonds. The minimum atomic E-state index is -0.167. The van der Waals surface area contributed by atoms with Crippen molar-refractivity contribution < 1.29 is 13.9 Å². The lowest BCUT2D eigenvalue weighted by atomic mass is 10.0. The molecule has 0 unspecified atom stereocenters. The lowest BCUT2D eigenvalue weighted by Crippen LogP contribution is -2.06. The average molecular weight is 361 g/mol. The second-order valence-electron chi connectivity index (χ2n) is 5.13. The predicted molar refractivity (Wildman–Crippen MR) is 92.1 cm³/mol. The lowest BCUT2D eigenvalue weighted by molar-refractivity contribution is 0.103. The molecule has 0 saturated carbocycles.